The number of carbonyl (C=O) groups excluding carboxylic acids is 1. The molecule has 3 rings (SSSR count). The van der Waals surface area contributed by atoms with E-state index in [1.165, 1.54) is 0 Å². The van der Waals surface area contributed by atoms with Gasteiger partial charge in [-0.25, -0.2) is 0 Å². The largest absolute Gasteiger partial charge is 0.368 e. The zero-order valence-electron chi connectivity index (χ0n) is 13.3. The highest BCUT2D eigenvalue weighted by Gasteiger charge is 2.25. The smallest absolute Gasteiger partial charge is 0.276 e. The fourth-order valence-corrected chi connectivity index (χ4v) is 2.77. The minimum absolute atomic E-state index is 0.0589. The predicted octanol–water partition coefficient (Wildman–Crippen LogP) is 3.41. The van der Waals surface area contributed by atoms with Crippen LogP contribution in [0.1, 0.15) is 36.0 Å². The fourth-order valence-electron chi connectivity index (χ4n) is 2.64. The lowest BCUT2D eigenvalue weighted by atomic mass is 10.1. The van der Waals surface area contributed by atoms with E-state index >= 15 is 0 Å². The third-order valence-electron chi connectivity index (χ3n) is 4.08. The van der Waals surface area contributed by atoms with Crippen LogP contribution in [0.25, 0.3) is 0 Å². The number of rotatable bonds is 3. The molecule has 1 aromatic heterocycles. The first-order valence-corrected chi connectivity index (χ1v) is 8.19. The van der Waals surface area contributed by atoms with Crippen molar-refractivity contribution in [2.45, 2.75) is 19.8 Å². The number of halogens is 1. The molecule has 0 aliphatic carbocycles. The van der Waals surface area contributed by atoms with Gasteiger partial charge in [0.25, 0.3) is 5.91 Å². The van der Waals surface area contributed by atoms with Crippen LogP contribution in [-0.4, -0.2) is 42.1 Å². The van der Waals surface area contributed by atoms with Crippen LogP contribution in [0.2, 0.25) is 5.02 Å². The number of benzene rings is 1. The molecule has 0 N–H and O–H groups in total. The van der Waals surface area contributed by atoms with Crippen molar-refractivity contribution in [2.75, 3.05) is 31.1 Å². The van der Waals surface area contributed by atoms with Gasteiger partial charge in [0.05, 0.1) is 0 Å². The molecule has 0 atom stereocenters. The number of nitrogens with zero attached hydrogens (tertiary/aromatic N) is 3. The molecule has 0 spiro atoms. The van der Waals surface area contributed by atoms with Gasteiger partial charge in [-0.1, -0.05) is 30.6 Å². The van der Waals surface area contributed by atoms with Crippen LogP contribution in [0.3, 0.4) is 0 Å². The molecule has 2 aromatic rings. The summed E-state index contributed by atoms with van der Waals surface area (Å²) in [5.41, 5.74) is 1.53. The number of carbonyl (C=O) groups is 1. The zero-order valence-corrected chi connectivity index (χ0v) is 14.1. The van der Waals surface area contributed by atoms with Gasteiger partial charge in [0.15, 0.2) is 5.69 Å². The fraction of sp³-hybridized carbons (Fsp3) is 0.412. The van der Waals surface area contributed by atoms with Gasteiger partial charge in [-0.15, -0.1) is 0 Å². The van der Waals surface area contributed by atoms with Crippen molar-refractivity contribution in [3.63, 3.8) is 0 Å². The Morgan fingerprint density at radius 1 is 1.17 bits per heavy atom. The molecule has 1 aliphatic rings. The normalized spacial score (nSPS) is 15.3. The third-order valence-corrected chi connectivity index (χ3v) is 4.33. The summed E-state index contributed by atoms with van der Waals surface area (Å²) in [6.07, 6.45) is 0. The van der Waals surface area contributed by atoms with Crippen LogP contribution in [0, 0.1) is 0 Å². The van der Waals surface area contributed by atoms with E-state index < -0.39 is 0 Å². The highest BCUT2D eigenvalue weighted by Crippen LogP contribution is 2.21. The molecular formula is C17H20ClN3O2. The lowest BCUT2D eigenvalue weighted by Crippen LogP contribution is -2.48. The van der Waals surface area contributed by atoms with Crippen molar-refractivity contribution >= 4 is 23.2 Å². The molecule has 5 nitrogen and oxygen atoms in total. The first-order valence-electron chi connectivity index (χ1n) is 7.81. The Balaban J connectivity index is 1.61. The first kappa shape index (κ1) is 15.9. The van der Waals surface area contributed by atoms with Gasteiger partial charge in [-0.05, 0) is 24.3 Å². The minimum Gasteiger partial charge on any atom is -0.368 e. The molecule has 0 saturated carbocycles. The molecule has 1 aromatic carbocycles. The molecule has 2 heterocycles. The first-order chi connectivity index (χ1) is 11.0. The van der Waals surface area contributed by atoms with Crippen molar-refractivity contribution in [1.29, 1.82) is 0 Å². The lowest BCUT2D eigenvalue weighted by Gasteiger charge is -2.35. The standard InChI is InChI=1S/C17H20ClN3O2/c1-12(2)16-11-15(19-23-16)17(22)21-9-7-20(8-10-21)14-5-3-13(18)4-6-14/h3-6,11-12H,7-10H2,1-2H3. The van der Waals surface area contributed by atoms with E-state index in [0.717, 1.165) is 29.6 Å². The van der Waals surface area contributed by atoms with Crippen LogP contribution in [0.5, 0.6) is 0 Å². The van der Waals surface area contributed by atoms with Crippen molar-refractivity contribution in [3.05, 3.63) is 46.8 Å². The van der Waals surface area contributed by atoms with Crippen molar-refractivity contribution < 1.29 is 9.32 Å². The van der Waals surface area contributed by atoms with Crippen LogP contribution in [0.15, 0.2) is 34.9 Å². The summed E-state index contributed by atoms with van der Waals surface area (Å²) in [7, 11) is 0. The van der Waals surface area contributed by atoms with Crippen molar-refractivity contribution in [3.8, 4) is 0 Å². The van der Waals surface area contributed by atoms with E-state index in [4.69, 9.17) is 16.1 Å². The number of anilines is 1. The molecule has 1 fully saturated rings. The number of hydrogen-bond acceptors (Lipinski definition) is 4. The summed E-state index contributed by atoms with van der Waals surface area (Å²) in [5, 5.41) is 4.64. The highest BCUT2D eigenvalue weighted by atomic mass is 35.5. The number of amides is 1. The Bertz CT molecular complexity index is 673. The Hall–Kier alpha value is -2.01. The monoisotopic (exact) mass is 333 g/mol. The highest BCUT2D eigenvalue weighted by molar-refractivity contribution is 6.30. The maximum Gasteiger partial charge on any atom is 0.276 e. The quantitative estimate of drug-likeness (QED) is 0.863. The molecular weight excluding hydrogens is 314 g/mol. The predicted molar refractivity (Wildman–Crippen MR) is 90.2 cm³/mol. The van der Waals surface area contributed by atoms with Gasteiger partial charge in [0.2, 0.25) is 0 Å². The van der Waals surface area contributed by atoms with E-state index in [1.54, 1.807) is 6.07 Å². The molecule has 6 heteroatoms. The van der Waals surface area contributed by atoms with E-state index in [2.05, 4.69) is 10.1 Å². The van der Waals surface area contributed by atoms with Crippen LogP contribution >= 0.6 is 11.6 Å². The zero-order chi connectivity index (χ0) is 16.4. The summed E-state index contributed by atoms with van der Waals surface area (Å²) < 4.78 is 5.22. The third kappa shape index (κ3) is 3.50. The van der Waals surface area contributed by atoms with E-state index in [9.17, 15) is 4.79 Å². The Kier molecular flexibility index (Phi) is 4.57. The Morgan fingerprint density at radius 3 is 2.39 bits per heavy atom. The lowest BCUT2D eigenvalue weighted by molar-refractivity contribution is 0.0736. The second kappa shape index (κ2) is 6.62. The summed E-state index contributed by atoms with van der Waals surface area (Å²) in [6, 6.07) is 9.53. The average molecular weight is 334 g/mol. The second-order valence-electron chi connectivity index (χ2n) is 6.02. The molecule has 122 valence electrons. The van der Waals surface area contributed by atoms with Gasteiger partial charge in [-0.2, -0.15) is 0 Å². The maximum absolute atomic E-state index is 12.5. The minimum atomic E-state index is -0.0589. The van der Waals surface area contributed by atoms with Gasteiger partial charge in [0.1, 0.15) is 5.76 Å². The molecule has 1 amide bonds. The number of hydrogen-bond donors (Lipinski definition) is 0. The van der Waals surface area contributed by atoms with Crippen LogP contribution < -0.4 is 4.90 Å². The van der Waals surface area contributed by atoms with Crippen LogP contribution in [-0.2, 0) is 0 Å². The van der Waals surface area contributed by atoms with Gasteiger partial charge in [-0.3, -0.25) is 4.79 Å². The number of piperazine rings is 1. The topological polar surface area (TPSA) is 49.6 Å². The maximum atomic E-state index is 12.5. The average Bonchev–Trinajstić information content (AvgIpc) is 3.05. The van der Waals surface area contributed by atoms with E-state index in [0.29, 0.717) is 18.8 Å². The van der Waals surface area contributed by atoms with Crippen LogP contribution in [0.4, 0.5) is 5.69 Å². The Morgan fingerprint density at radius 2 is 1.83 bits per heavy atom. The number of aromatic nitrogens is 1. The van der Waals surface area contributed by atoms with Gasteiger partial charge < -0.3 is 14.3 Å². The second-order valence-corrected chi connectivity index (χ2v) is 6.46. The van der Waals surface area contributed by atoms with Crippen molar-refractivity contribution in [1.82, 2.24) is 10.1 Å². The molecule has 0 bridgehead atoms. The summed E-state index contributed by atoms with van der Waals surface area (Å²) in [6.45, 7) is 6.96. The molecule has 1 saturated heterocycles. The van der Waals surface area contributed by atoms with Gasteiger partial charge >= 0.3 is 0 Å². The van der Waals surface area contributed by atoms with E-state index in [-0.39, 0.29) is 11.8 Å². The molecule has 0 unspecified atom stereocenters. The molecule has 1 aliphatic heterocycles. The molecule has 0 radical (unpaired) electrons. The summed E-state index contributed by atoms with van der Waals surface area (Å²) in [5.74, 6) is 0.912. The van der Waals surface area contributed by atoms with Crippen molar-refractivity contribution in [2.24, 2.45) is 0 Å². The Labute approximate surface area is 140 Å². The van der Waals surface area contributed by atoms with E-state index in [1.807, 2.05) is 43.0 Å². The summed E-state index contributed by atoms with van der Waals surface area (Å²) >= 11 is 5.92. The SMILES string of the molecule is CC(C)c1cc(C(=O)N2CCN(c3ccc(Cl)cc3)CC2)no1. The summed E-state index contributed by atoms with van der Waals surface area (Å²) in [4.78, 5) is 16.6. The molecule has 23 heavy (non-hydrogen) atoms. The van der Waals surface area contributed by atoms with Gasteiger partial charge in [0, 0.05) is 48.9 Å².